The van der Waals surface area contributed by atoms with Crippen molar-refractivity contribution >= 4 is 23.0 Å². The summed E-state index contributed by atoms with van der Waals surface area (Å²) in [5.74, 6) is -0.197. The van der Waals surface area contributed by atoms with Crippen LogP contribution >= 0.6 is 0 Å². The van der Waals surface area contributed by atoms with Gasteiger partial charge in [0.1, 0.15) is 0 Å². The Balaban J connectivity index is 2.34. The van der Waals surface area contributed by atoms with E-state index in [4.69, 9.17) is 5.73 Å². The molecule has 0 aliphatic heterocycles. The van der Waals surface area contributed by atoms with Gasteiger partial charge in [0.15, 0.2) is 0 Å². The monoisotopic (exact) mass is 270 g/mol. The minimum atomic E-state index is -0.197. The zero-order chi connectivity index (χ0) is 14.7. The predicted molar refractivity (Wildman–Crippen MR) is 82.1 cm³/mol. The quantitative estimate of drug-likeness (QED) is 0.839. The number of rotatable bonds is 3. The van der Waals surface area contributed by atoms with E-state index in [0.717, 1.165) is 11.3 Å². The van der Waals surface area contributed by atoms with Crippen LogP contribution in [-0.4, -0.2) is 25.0 Å². The van der Waals surface area contributed by atoms with E-state index in [2.05, 4.69) is 10.3 Å². The first-order valence-corrected chi connectivity index (χ1v) is 6.28. The lowest BCUT2D eigenvalue weighted by molar-refractivity contribution is 0.102. The second kappa shape index (κ2) is 5.61. The SMILES string of the molecule is Cc1ccncc1NC(=O)c1cc(N)ccc1N(C)C. The predicted octanol–water partition coefficient (Wildman–Crippen LogP) is 2.29. The normalized spacial score (nSPS) is 10.2. The Hall–Kier alpha value is -2.56. The molecule has 0 bridgehead atoms. The first-order valence-electron chi connectivity index (χ1n) is 6.28. The molecule has 0 atom stereocenters. The lowest BCUT2D eigenvalue weighted by Crippen LogP contribution is -2.19. The van der Waals surface area contributed by atoms with Gasteiger partial charge in [0.25, 0.3) is 5.91 Å². The Labute approximate surface area is 118 Å². The number of nitrogens with zero attached hydrogens (tertiary/aromatic N) is 2. The molecule has 0 fully saturated rings. The third-order valence-corrected chi connectivity index (χ3v) is 3.03. The number of benzene rings is 1. The number of carbonyl (C=O) groups is 1. The van der Waals surface area contributed by atoms with Crippen LogP contribution in [-0.2, 0) is 0 Å². The number of carbonyl (C=O) groups excluding carboxylic acids is 1. The highest BCUT2D eigenvalue weighted by Crippen LogP contribution is 2.23. The Morgan fingerprint density at radius 3 is 2.70 bits per heavy atom. The molecular weight excluding hydrogens is 252 g/mol. The molecule has 1 aromatic heterocycles. The second-order valence-electron chi connectivity index (χ2n) is 4.82. The van der Waals surface area contributed by atoms with Gasteiger partial charge >= 0.3 is 0 Å². The largest absolute Gasteiger partial charge is 0.399 e. The molecule has 1 heterocycles. The highest BCUT2D eigenvalue weighted by Gasteiger charge is 2.14. The van der Waals surface area contributed by atoms with E-state index in [1.165, 1.54) is 0 Å². The Morgan fingerprint density at radius 2 is 2.05 bits per heavy atom. The number of hydrogen-bond donors (Lipinski definition) is 2. The van der Waals surface area contributed by atoms with E-state index in [9.17, 15) is 4.79 Å². The number of aryl methyl sites for hydroxylation is 1. The lowest BCUT2D eigenvalue weighted by atomic mass is 10.1. The average molecular weight is 270 g/mol. The second-order valence-corrected chi connectivity index (χ2v) is 4.82. The summed E-state index contributed by atoms with van der Waals surface area (Å²) in [6.07, 6.45) is 3.33. The minimum Gasteiger partial charge on any atom is -0.399 e. The van der Waals surface area contributed by atoms with Gasteiger partial charge in [-0.15, -0.1) is 0 Å². The fourth-order valence-corrected chi connectivity index (χ4v) is 1.91. The van der Waals surface area contributed by atoms with Crippen molar-refractivity contribution < 1.29 is 4.79 Å². The maximum absolute atomic E-state index is 12.4. The topological polar surface area (TPSA) is 71.2 Å². The maximum atomic E-state index is 12.4. The zero-order valence-electron chi connectivity index (χ0n) is 11.8. The molecule has 0 unspecified atom stereocenters. The maximum Gasteiger partial charge on any atom is 0.257 e. The van der Waals surface area contributed by atoms with Gasteiger partial charge in [-0.3, -0.25) is 9.78 Å². The lowest BCUT2D eigenvalue weighted by Gasteiger charge is -2.18. The van der Waals surface area contributed by atoms with Gasteiger partial charge in [-0.25, -0.2) is 0 Å². The van der Waals surface area contributed by atoms with Gasteiger partial charge in [-0.1, -0.05) is 0 Å². The van der Waals surface area contributed by atoms with E-state index < -0.39 is 0 Å². The molecule has 0 aliphatic carbocycles. The molecule has 0 aliphatic rings. The third-order valence-electron chi connectivity index (χ3n) is 3.03. The summed E-state index contributed by atoms with van der Waals surface area (Å²) in [5, 5.41) is 2.87. The van der Waals surface area contributed by atoms with Crippen LogP contribution in [0.2, 0.25) is 0 Å². The molecule has 5 nitrogen and oxygen atoms in total. The molecule has 0 radical (unpaired) electrons. The van der Waals surface area contributed by atoms with Crippen molar-refractivity contribution in [2.24, 2.45) is 0 Å². The van der Waals surface area contributed by atoms with Gasteiger partial charge in [0.2, 0.25) is 0 Å². The van der Waals surface area contributed by atoms with Crippen molar-refractivity contribution in [2.45, 2.75) is 6.92 Å². The number of anilines is 3. The van der Waals surface area contributed by atoms with E-state index in [1.54, 1.807) is 24.5 Å². The van der Waals surface area contributed by atoms with Crippen molar-refractivity contribution in [3.05, 3.63) is 47.8 Å². The summed E-state index contributed by atoms with van der Waals surface area (Å²) in [6.45, 7) is 1.92. The molecular formula is C15H18N4O. The summed E-state index contributed by atoms with van der Waals surface area (Å²) >= 11 is 0. The third kappa shape index (κ3) is 2.88. The molecule has 0 spiro atoms. The Morgan fingerprint density at radius 1 is 1.30 bits per heavy atom. The summed E-state index contributed by atoms with van der Waals surface area (Å²) in [6, 6.07) is 7.14. The number of pyridine rings is 1. The number of amides is 1. The summed E-state index contributed by atoms with van der Waals surface area (Å²) in [5.41, 5.74) is 9.36. The Kier molecular flexibility index (Phi) is 3.89. The van der Waals surface area contributed by atoms with E-state index in [1.807, 2.05) is 38.1 Å². The number of nitrogens with one attached hydrogen (secondary N) is 1. The fourth-order valence-electron chi connectivity index (χ4n) is 1.91. The summed E-state index contributed by atoms with van der Waals surface area (Å²) in [4.78, 5) is 18.3. The van der Waals surface area contributed by atoms with Gasteiger partial charge in [0.05, 0.1) is 17.4 Å². The van der Waals surface area contributed by atoms with Crippen LogP contribution < -0.4 is 16.0 Å². The number of nitrogen functional groups attached to an aromatic ring is 1. The smallest absolute Gasteiger partial charge is 0.257 e. The first-order chi connectivity index (χ1) is 9.49. The molecule has 2 rings (SSSR count). The molecule has 2 aromatic rings. The average Bonchev–Trinajstić information content (AvgIpc) is 2.40. The highest BCUT2D eigenvalue weighted by molar-refractivity contribution is 6.08. The van der Waals surface area contributed by atoms with Crippen molar-refractivity contribution in [2.75, 3.05) is 30.0 Å². The molecule has 1 amide bonds. The van der Waals surface area contributed by atoms with Crippen LogP contribution in [0.4, 0.5) is 17.1 Å². The van der Waals surface area contributed by atoms with Gasteiger partial charge in [-0.05, 0) is 36.8 Å². The van der Waals surface area contributed by atoms with Crippen molar-refractivity contribution in [1.82, 2.24) is 4.98 Å². The summed E-state index contributed by atoms with van der Waals surface area (Å²) < 4.78 is 0. The van der Waals surface area contributed by atoms with Gasteiger partial charge in [0, 0.05) is 31.7 Å². The van der Waals surface area contributed by atoms with E-state index in [-0.39, 0.29) is 5.91 Å². The van der Waals surface area contributed by atoms with Crippen molar-refractivity contribution in [1.29, 1.82) is 0 Å². The van der Waals surface area contributed by atoms with Gasteiger partial charge in [-0.2, -0.15) is 0 Å². The number of aromatic nitrogens is 1. The van der Waals surface area contributed by atoms with Crippen molar-refractivity contribution in [3.8, 4) is 0 Å². The fraction of sp³-hybridized carbons (Fsp3) is 0.200. The van der Waals surface area contributed by atoms with Crippen LogP contribution in [0.1, 0.15) is 15.9 Å². The van der Waals surface area contributed by atoms with E-state index >= 15 is 0 Å². The number of nitrogens with two attached hydrogens (primary N) is 1. The van der Waals surface area contributed by atoms with Crippen LogP contribution in [0.25, 0.3) is 0 Å². The zero-order valence-corrected chi connectivity index (χ0v) is 11.8. The van der Waals surface area contributed by atoms with Gasteiger partial charge < -0.3 is 16.0 Å². The number of hydrogen-bond acceptors (Lipinski definition) is 4. The molecule has 0 saturated carbocycles. The van der Waals surface area contributed by atoms with Crippen LogP contribution in [0, 0.1) is 6.92 Å². The van der Waals surface area contributed by atoms with Crippen LogP contribution in [0.5, 0.6) is 0 Å². The molecule has 5 heteroatoms. The first kappa shape index (κ1) is 13.9. The van der Waals surface area contributed by atoms with Crippen LogP contribution in [0.15, 0.2) is 36.7 Å². The molecule has 104 valence electrons. The highest BCUT2D eigenvalue weighted by atomic mass is 16.1. The summed E-state index contributed by atoms with van der Waals surface area (Å²) in [7, 11) is 3.77. The molecule has 1 aromatic carbocycles. The van der Waals surface area contributed by atoms with Crippen molar-refractivity contribution in [3.63, 3.8) is 0 Å². The molecule has 0 saturated heterocycles. The Bertz CT molecular complexity index is 638. The van der Waals surface area contributed by atoms with E-state index in [0.29, 0.717) is 16.9 Å². The molecule has 3 N–H and O–H groups in total. The molecule has 20 heavy (non-hydrogen) atoms. The minimum absolute atomic E-state index is 0.197. The standard InChI is InChI=1S/C15H18N4O/c1-10-6-7-17-9-13(10)18-15(20)12-8-11(16)4-5-14(12)19(2)3/h4-9H,16H2,1-3H3,(H,18,20). The van der Waals surface area contributed by atoms with Crippen LogP contribution in [0.3, 0.4) is 0 Å².